The summed E-state index contributed by atoms with van der Waals surface area (Å²) >= 11 is 4.37. The Morgan fingerprint density at radius 3 is 1.80 bits per heavy atom. The summed E-state index contributed by atoms with van der Waals surface area (Å²) in [7, 11) is -2.60. The third kappa shape index (κ3) is 11.3. The van der Waals surface area contributed by atoms with Gasteiger partial charge in [-0.1, -0.05) is 48.5 Å². The van der Waals surface area contributed by atoms with Gasteiger partial charge in [-0.25, -0.2) is 9.36 Å². The summed E-state index contributed by atoms with van der Waals surface area (Å²) in [6.07, 6.45) is -1.02. The Morgan fingerprint density at radius 2 is 1.27 bits per heavy atom. The van der Waals surface area contributed by atoms with Crippen molar-refractivity contribution in [1.82, 2.24) is 5.32 Å². The standard InChI is InChI=1S/C36H32I2NO9P/c1-43-28-14-12-25(13-15-28)23-44-29-16-18-30(19-17-29)46-35-33(37)21-26(22-34(35)38)20-27(39-36(40)41)24-45-49(42,47-31-8-4-2-5-9-31)48-32-10-6-3-7-11-32/h2-19,21-22,27,39H,20,23-24H2,1H3,(H,40,41). The molecule has 49 heavy (non-hydrogen) atoms. The minimum atomic E-state index is -4.23. The van der Waals surface area contributed by atoms with Crippen molar-refractivity contribution in [2.24, 2.45) is 0 Å². The minimum Gasteiger partial charge on any atom is -0.497 e. The lowest BCUT2D eigenvalue weighted by Gasteiger charge is -2.23. The highest BCUT2D eigenvalue weighted by molar-refractivity contribution is 14.1. The number of nitrogens with one attached hydrogen (secondary N) is 1. The molecule has 0 aliphatic carbocycles. The Morgan fingerprint density at radius 1 is 0.735 bits per heavy atom. The summed E-state index contributed by atoms with van der Waals surface area (Å²) in [5.74, 6) is 3.34. The van der Waals surface area contributed by atoms with E-state index in [1.165, 1.54) is 0 Å². The van der Waals surface area contributed by atoms with Gasteiger partial charge in [0, 0.05) is 0 Å². The molecule has 0 radical (unpaired) electrons. The van der Waals surface area contributed by atoms with Gasteiger partial charge >= 0.3 is 13.9 Å². The molecule has 0 fully saturated rings. The van der Waals surface area contributed by atoms with Crippen molar-refractivity contribution in [3.8, 4) is 34.5 Å². The topological polar surface area (TPSA) is 122 Å². The number of ether oxygens (including phenoxy) is 3. The van der Waals surface area contributed by atoms with Crippen LogP contribution in [0.2, 0.25) is 0 Å². The Bertz CT molecular complexity index is 1790. The number of hydrogen-bond acceptors (Lipinski definition) is 8. The molecule has 0 spiro atoms. The van der Waals surface area contributed by atoms with E-state index in [4.69, 9.17) is 27.8 Å². The fraction of sp³-hybridized carbons (Fsp3) is 0.139. The van der Waals surface area contributed by atoms with E-state index in [-0.39, 0.29) is 24.5 Å². The number of carbonyl (C=O) groups is 1. The third-order valence-corrected chi connectivity index (χ3v) is 9.77. The van der Waals surface area contributed by atoms with Crippen LogP contribution in [0.3, 0.4) is 0 Å². The SMILES string of the molecule is COc1ccc(COc2ccc(Oc3c(I)cc(CC(COP(=O)(Oc4ccccc4)Oc4ccccc4)NC(=O)O)cc3I)cc2)cc1. The van der Waals surface area contributed by atoms with Crippen LogP contribution in [0.1, 0.15) is 11.1 Å². The number of halogens is 2. The number of carboxylic acid groups (broad SMARTS) is 1. The average Bonchev–Trinajstić information content (AvgIpc) is 3.09. The van der Waals surface area contributed by atoms with Gasteiger partial charge < -0.3 is 33.7 Å². The molecule has 0 saturated heterocycles. The van der Waals surface area contributed by atoms with Gasteiger partial charge in [-0.3, -0.25) is 4.52 Å². The van der Waals surface area contributed by atoms with Crippen LogP contribution < -0.4 is 28.6 Å². The van der Waals surface area contributed by atoms with Crippen molar-refractivity contribution in [2.75, 3.05) is 13.7 Å². The second-order valence-corrected chi connectivity index (χ2v) is 14.3. The molecule has 0 saturated carbocycles. The summed E-state index contributed by atoms with van der Waals surface area (Å²) in [4.78, 5) is 11.7. The van der Waals surface area contributed by atoms with E-state index in [1.807, 2.05) is 60.7 Å². The quantitative estimate of drug-likeness (QED) is 0.0737. The zero-order valence-corrected chi connectivity index (χ0v) is 31.4. The van der Waals surface area contributed by atoms with Gasteiger partial charge in [0.1, 0.15) is 35.4 Å². The molecule has 0 aliphatic heterocycles. The van der Waals surface area contributed by atoms with E-state index in [2.05, 4.69) is 50.5 Å². The van der Waals surface area contributed by atoms with Crippen molar-refractivity contribution < 1.29 is 42.2 Å². The molecule has 13 heteroatoms. The zero-order valence-electron chi connectivity index (χ0n) is 26.2. The van der Waals surface area contributed by atoms with Crippen LogP contribution in [0.25, 0.3) is 0 Å². The monoisotopic (exact) mass is 907 g/mol. The number of amides is 1. The van der Waals surface area contributed by atoms with Gasteiger partial charge in [-0.05, 0) is 136 Å². The molecule has 5 aromatic rings. The van der Waals surface area contributed by atoms with E-state index in [9.17, 15) is 14.5 Å². The molecule has 0 heterocycles. The maximum absolute atomic E-state index is 13.8. The van der Waals surface area contributed by atoms with Gasteiger partial charge in [0.2, 0.25) is 0 Å². The van der Waals surface area contributed by atoms with Gasteiger partial charge in [0.05, 0.1) is 26.9 Å². The highest BCUT2D eigenvalue weighted by Gasteiger charge is 2.33. The van der Waals surface area contributed by atoms with E-state index < -0.39 is 20.0 Å². The summed E-state index contributed by atoms with van der Waals surface area (Å²) in [5, 5.41) is 12.0. The number of rotatable bonds is 16. The third-order valence-electron chi connectivity index (χ3n) is 6.83. The van der Waals surface area contributed by atoms with Gasteiger partial charge in [0.15, 0.2) is 5.75 Å². The fourth-order valence-corrected chi connectivity index (χ4v) is 7.90. The maximum atomic E-state index is 13.8. The summed E-state index contributed by atoms with van der Waals surface area (Å²) in [5.41, 5.74) is 1.83. The Hall–Kier alpha value is -3.98. The number of hydrogen-bond donors (Lipinski definition) is 2. The first-order valence-electron chi connectivity index (χ1n) is 14.9. The molecule has 254 valence electrons. The lowest BCUT2D eigenvalue weighted by atomic mass is 10.1. The number of para-hydroxylation sites is 2. The molecular formula is C36H32I2NO9P. The van der Waals surface area contributed by atoms with Crippen molar-refractivity contribution in [2.45, 2.75) is 19.1 Å². The van der Waals surface area contributed by atoms with E-state index in [0.717, 1.165) is 24.0 Å². The van der Waals surface area contributed by atoms with Crippen LogP contribution in [0.15, 0.2) is 121 Å². The smallest absolute Gasteiger partial charge is 0.497 e. The van der Waals surface area contributed by atoms with Crippen LogP contribution >= 0.6 is 53.0 Å². The molecule has 5 aromatic carbocycles. The predicted octanol–water partition coefficient (Wildman–Crippen LogP) is 9.74. The normalized spacial score (nSPS) is 11.7. The van der Waals surface area contributed by atoms with Gasteiger partial charge in [0.25, 0.3) is 0 Å². The van der Waals surface area contributed by atoms with Crippen LogP contribution in [-0.4, -0.2) is 31.0 Å². The molecule has 5 rings (SSSR count). The lowest BCUT2D eigenvalue weighted by Crippen LogP contribution is -2.39. The van der Waals surface area contributed by atoms with Gasteiger partial charge in [-0.15, -0.1) is 0 Å². The van der Waals surface area contributed by atoms with Crippen molar-refractivity contribution in [1.29, 1.82) is 0 Å². The first-order chi connectivity index (χ1) is 23.7. The molecule has 1 atom stereocenters. The molecule has 1 amide bonds. The molecule has 0 aromatic heterocycles. The largest absolute Gasteiger partial charge is 0.587 e. The Kier molecular flexibility index (Phi) is 13.0. The fourth-order valence-electron chi connectivity index (χ4n) is 4.52. The summed E-state index contributed by atoms with van der Waals surface area (Å²) in [6, 6.07) is 35.0. The van der Waals surface area contributed by atoms with Crippen LogP contribution in [0, 0.1) is 7.14 Å². The first kappa shape index (κ1) is 36.3. The zero-order chi connectivity index (χ0) is 34.6. The number of phosphoric ester groups is 1. The van der Waals surface area contributed by atoms with E-state index in [1.54, 1.807) is 67.8 Å². The molecule has 1 unspecified atom stereocenters. The van der Waals surface area contributed by atoms with E-state index >= 15 is 0 Å². The van der Waals surface area contributed by atoms with Gasteiger partial charge in [-0.2, -0.15) is 0 Å². The first-order valence-corrected chi connectivity index (χ1v) is 18.5. The van der Waals surface area contributed by atoms with E-state index in [0.29, 0.717) is 23.9 Å². The summed E-state index contributed by atoms with van der Waals surface area (Å²) in [6.45, 7) is 0.128. The van der Waals surface area contributed by atoms with Crippen LogP contribution in [0.4, 0.5) is 4.79 Å². The van der Waals surface area contributed by atoms with Crippen LogP contribution in [0.5, 0.6) is 34.5 Å². The molecule has 0 bridgehead atoms. The number of methoxy groups -OCH3 is 1. The lowest BCUT2D eigenvalue weighted by molar-refractivity contribution is 0.165. The number of phosphoric acid groups is 1. The molecule has 10 nitrogen and oxygen atoms in total. The minimum absolute atomic E-state index is 0.232. The highest BCUT2D eigenvalue weighted by atomic mass is 127. The molecular weight excluding hydrogens is 875 g/mol. The molecule has 2 N–H and O–H groups in total. The van der Waals surface area contributed by atoms with Crippen molar-refractivity contribution in [3.63, 3.8) is 0 Å². The predicted molar refractivity (Wildman–Crippen MR) is 202 cm³/mol. The van der Waals surface area contributed by atoms with Crippen LogP contribution in [-0.2, 0) is 22.1 Å². The average molecular weight is 907 g/mol. The second kappa shape index (κ2) is 17.6. The Labute approximate surface area is 311 Å². The van der Waals surface area contributed by atoms with Crippen molar-refractivity contribution in [3.05, 3.63) is 140 Å². The number of benzene rings is 5. The maximum Gasteiger partial charge on any atom is 0.587 e. The highest BCUT2D eigenvalue weighted by Crippen LogP contribution is 2.49. The summed E-state index contributed by atoms with van der Waals surface area (Å²) < 4.78 is 49.9. The van der Waals surface area contributed by atoms with Crippen molar-refractivity contribution >= 4 is 59.1 Å². The Balaban J connectivity index is 1.23. The molecule has 0 aliphatic rings. The second-order valence-electron chi connectivity index (χ2n) is 10.5.